The summed E-state index contributed by atoms with van der Waals surface area (Å²) in [6.07, 6.45) is 2.89. The Morgan fingerprint density at radius 1 is 1.08 bits per heavy atom. The molecule has 194 valence electrons. The van der Waals surface area contributed by atoms with E-state index in [2.05, 4.69) is 5.16 Å². The molecule has 2 saturated heterocycles. The first-order chi connectivity index (χ1) is 17.7. The molecule has 0 amide bonds. The Labute approximate surface area is 220 Å². The van der Waals surface area contributed by atoms with Crippen LogP contribution in [0.3, 0.4) is 0 Å². The molecule has 8 heteroatoms. The zero-order chi connectivity index (χ0) is 26.2. The third-order valence-corrected chi connectivity index (χ3v) is 8.26. The summed E-state index contributed by atoms with van der Waals surface area (Å²) >= 11 is 6.27. The molecular formula is C29H30ClNO6. The summed E-state index contributed by atoms with van der Waals surface area (Å²) in [5, 5.41) is 13.8. The molecule has 0 unspecified atom stereocenters. The number of aliphatic carboxylic acids is 1. The van der Waals surface area contributed by atoms with E-state index < -0.39 is 12.1 Å². The van der Waals surface area contributed by atoms with Crippen molar-refractivity contribution in [1.82, 2.24) is 5.16 Å². The summed E-state index contributed by atoms with van der Waals surface area (Å²) in [5.41, 5.74) is 3.33. The molecule has 1 aliphatic carbocycles. The van der Waals surface area contributed by atoms with Gasteiger partial charge < -0.3 is 19.1 Å². The molecule has 2 aliphatic heterocycles. The molecule has 3 aromatic rings. The van der Waals surface area contributed by atoms with Gasteiger partial charge in [0.25, 0.3) is 0 Å². The summed E-state index contributed by atoms with van der Waals surface area (Å²) < 4.78 is 18.1. The van der Waals surface area contributed by atoms with E-state index in [9.17, 15) is 9.59 Å². The molecule has 2 bridgehead atoms. The van der Waals surface area contributed by atoms with Crippen LogP contribution in [-0.4, -0.2) is 28.8 Å². The molecule has 6 rings (SSSR count). The van der Waals surface area contributed by atoms with E-state index in [1.54, 1.807) is 6.07 Å². The van der Waals surface area contributed by atoms with Gasteiger partial charge in [0, 0.05) is 16.1 Å². The van der Waals surface area contributed by atoms with Gasteiger partial charge in [-0.1, -0.05) is 59.2 Å². The van der Waals surface area contributed by atoms with E-state index in [1.165, 1.54) is 0 Å². The molecule has 1 atom stereocenters. The van der Waals surface area contributed by atoms with E-state index >= 15 is 0 Å². The Balaban J connectivity index is 1.29. The van der Waals surface area contributed by atoms with E-state index in [1.807, 2.05) is 56.3 Å². The first kappa shape index (κ1) is 25.5. The van der Waals surface area contributed by atoms with Gasteiger partial charge in [-0.3, -0.25) is 9.59 Å². The minimum Gasteiger partial charge on any atom is -0.481 e. The predicted octanol–water partition coefficient (Wildman–Crippen LogP) is 5.85. The molecule has 3 fully saturated rings. The number of hydrogen-bond acceptors (Lipinski definition) is 6. The minimum atomic E-state index is -0.845. The second kappa shape index (κ2) is 9.95. The molecule has 37 heavy (non-hydrogen) atoms. The van der Waals surface area contributed by atoms with Gasteiger partial charge in [-0.05, 0) is 56.7 Å². The van der Waals surface area contributed by atoms with Gasteiger partial charge in [0.2, 0.25) is 0 Å². The lowest BCUT2D eigenvalue weighted by atomic mass is 9.62. The van der Waals surface area contributed by atoms with Crippen molar-refractivity contribution in [2.45, 2.75) is 69.5 Å². The van der Waals surface area contributed by atoms with Crippen LogP contribution in [0.4, 0.5) is 0 Å². The van der Waals surface area contributed by atoms with Crippen LogP contribution in [0.2, 0.25) is 5.02 Å². The number of carboxylic acid groups (broad SMARTS) is 1. The van der Waals surface area contributed by atoms with Crippen LogP contribution in [0, 0.1) is 6.92 Å². The molecular weight excluding hydrogens is 494 g/mol. The molecule has 1 saturated carbocycles. The van der Waals surface area contributed by atoms with Gasteiger partial charge in [-0.2, -0.15) is 0 Å². The summed E-state index contributed by atoms with van der Waals surface area (Å²) in [5.74, 6) is -0.486. The van der Waals surface area contributed by atoms with Crippen molar-refractivity contribution in [2.24, 2.45) is 0 Å². The first-order valence-electron chi connectivity index (χ1n) is 12.6. The minimum absolute atomic E-state index is 0.00443. The maximum absolute atomic E-state index is 12.9. The zero-order valence-corrected chi connectivity index (χ0v) is 21.7. The van der Waals surface area contributed by atoms with E-state index in [0.717, 1.165) is 53.7 Å². The Hall–Kier alpha value is -3.16. The Bertz CT molecular complexity index is 1290. The Kier molecular flexibility index (Phi) is 6.86. The molecule has 7 nitrogen and oxygen atoms in total. The number of rotatable bonds is 8. The quantitative estimate of drug-likeness (QED) is 0.370. The second-order valence-electron chi connectivity index (χ2n) is 10.2. The van der Waals surface area contributed by atoms with Gasteiger partial charge in [0.1, 0.15) is 11.9 Å². The van der Waals surface area contributed by atoms with Crippen LogP contribution in [0.1, 0.15) is 72.4 Å². The zero-order valence-electron chi connectivity index (χ0n) is 21.0. The van der Waals surface area contributed by atoms with Gasteiger partial charge in [-0.25, -0.2) is 0 Å². The molecule has 0 spiro atoms. The number of aromatic nitrogens is 1. The van der Waals surface area contributed by atoms with Gasteiger partial charge in [-0.15, -0.1) is 0 Å². The highest BCUT2D eigenvalue weighted by atomic mass is 35.5. The number of benzene rings is 2. The summed E-state index contributed by atoms with van der Waals surface area (Å²) in [6, 6.07) is 15.0. The Morgan fingerprint density at radius 3 is 2.41 bits per heavy atom. The van der Waals surface area contributed by atoms with E-state index in [0.29, 0.717) is 17.3 Å². The smallest absolute Gasteiger partial charge is 0.311 e. The fourth-order valence-corrected chi connectivity index (χ4v) is 6.02. The third kappa shape index (κ3) is 4.90. The Morgan fingerprint density at radius 2 is 1.78 bits per heavy atom. The molecule has 3 heterocycles. The molecule has 2 aromatic carbocycles. The maximum atomic E-state index is 12.9. The van der Waals surface area contributed by atoms with E-state index in [-0.39, 0.29) is 29.8 Å². The number of carboxylic acids is 1. The largest absolute Gasteiger partial charge is 0.481 e. The third-order valence-electron chi connectivity index (χ3n) is 7.91. The lowest BCUT2D eigenvalue weighted by Gasteiger charge is -2.52. The lowest BCUT2D eigenvalue weighted by Crippen LogP contribution is -2.51. The molecule has 1 aromatic heterocycles. The maximum Gasteiger partial charge on any atom is 0.311 e. The van der Waals surface area contributed by atoms with Crippen molar-refractivity contribution in [3.05, 3.63) is 87.3 Å². The van der Waals surface area contributed by atoms with Crippen molar-refractivity contribution >= 4 is 23.5 Å². The van der Waals surface area contributed by atoms with Crippen molar-refractivity contribution in [2.75, 3.05) is 6.61 Å². The molecule has 1 N–H and O–H groups in total. The average Bonchev–Trinajstić information content (AvgIpc) is 3.25. The van der Waals surface area contributed by atoms with Gasteiger partial charge >= 0.3 is 11.9 Å². The summed E-state index contributed by atoms with van der Waals surface area (Å²) in [6.45, 7) is 4.12. The highest BCUT2D eigenvalue weighted by Gasteiger charge is 2.54. The van der Waals surface area contributed by atoms with Crippen molar-refractivity contribution in [3.8, 4) is 0 Å². The fourth-order valence-electron chi connectivity index (χ4n) is 5.73. The van der Waals surface area contributed by atoms with Crippen molar-refractivity contribution in [3.63, 3.8) is 0 Å². The molecule has 3 aliphatic rings. The predicted molar refractivity (Wildman–Crippen MR) is 136 cm³/mol. The highest BCUT2D eigenvalue weighted by molar-refractivity contribution is 6.31. The topological polar surface area (TPSA) is 98.9 Å². The number of carbonyl (C=O) groups excluding carboxylic acids is 1. The first-order valence-corrected chi connectivity index (χ1v) is 12.9. The van der Waals surface area contributed by atoms with Crippen LogP contribution < -0.4 is 0 Å². The van der Waals surface area contributed by atoms with Crippen LogP contribution >= 0.6 is 11.6 Å². The number of nitrogens with zero attached hydrogens (tertiary/aromatic N) is 1. The number of carbonyl (C=O) groups is 2. The SMILES string of the molecule is Cc1noc(C23CCC(c4ccc(CC(=O)O)cc4)(CC2)OC3)c1CC(=O)O[C@H](C)c1ccccc1Cl. The molecule has 0 radical (unpaired) electrons. The van der Waals surface area contributed by atoms with Crippen LogP contribution in [0.25, 0.3) is 0 Å². The van der Waals surface area contributed by atoms with Gasteiger partial charge in [0.05, 0.1) is 36.2 Å². The van der Waals surface area contributed by atoms with Gasteiger partial charge in [0.15, 0.2) is 0 Å². The summed E-state index contributed by atoms with van der Waals surface area (Å²) in [4.78, 5) is 23.9. The fraction of sp³-hybridized carbons (Fsp3) is 0.414. The monoisotopic (exact) mass is 523 g/mol. The normalized spacial score (nSPS) is 23.5. The van der Waals surface area contributed by atoms with Crippen LogP contribution in [0.5, 0.6) is 0 Å². The van der Waals surface area contributed by atoms with Crippen LogP contribution in [0.15, 0.2) is 53.1 Å². The highest BCUT2D eigenvalue weighted by Crippen LogP contribution is 2.55. The summed E-state index contributed by atoms with van der Waals surface area (Å²) in [7, 11) is 0. The van der Waals surface area contributed by atoms with Crippen molar-refractivity contribution in [1.29, 1.82) is 0 Å². The number of hydrogen-bond donors (Lipinski definition) is 1. The number of ether oxygens (including phenoxy) is 2. The van der Waals surface area contributed by atoms with Crippen molar-refractivity contribution < 1.29 is 28.7 Å². The number of aryl methyl sites for hydroxylation is 1. The lowest BCUT2D eigenvalue weighted by molar-refractivity contribution is -0.168. The average molecular weight is 524 g/mol. The second-order valence-corrected chi connectivity index (χ2v) is 10.6. The van der Waals surface area contributed by atoms with E-state index in [4.69, 9.17) is 30.7 Å². The number of fused-ring (bicyclic) bond motifs is 3. The number of halogens is 1. The van der Waals surface area contributed by atoms with Crippen LogP contribution in [-0.2, 0) is 42.9 Å². The standard InChI is InChI=1S/C29H30ClNO6/c1-18-23(16-26(34)36-19(2)22-5-3-4-6-24(22)30)27(37-31-18)28-11-13-29(14-12-28,35-17-28)21-9-7-20(8-10-21)15-25(32)33/h3-10,19H,11-17H2,1-2H3,(H,32,33)/t19-,28?,29?/m1/s1. The number of esters is 1.